The Hall–Kier alpha value is -1.24. The highest BCUT2D eigenvalue weighted by Gasteiger charge is 2.26. The fourth-order valence-corrected chi connectivity index (χ4v) is 3.40. The maximum absolute atomic E-state index is 12.0. The van der Waals surface area contributed by atoms with Crippen LogP contribution in [0.5, 0.6) is 0 Å². The zero-order valence-electron chi connectivity index (χ0n) is 12.3. The molecule has 21 heavy (non-hydrogen) atoms. The molecule has 1 aliphatic carbocycles. The van der Waals surface area contributed by atoms with Gasteiger partial charge >= 0.3 is 5.97 Å². The van der Waals surface area contributed by atoms with Gasteiger partial charge in [0.15, 0.2) is 6.10 Å². The zero-order valence-corrected chi connectivity index (χ0v) is 13.1. The highest BCUT2D eigenvalue weighted by Crippen LogP contribution is 2.18. The second-order valence-corrected chi connectivity index (χ2v) is 6.56. The molecule has 2 amide bonds. The molecule has 2 rings (SSSR count). The third kappa shape index (κ3) is 4.91. The molecule has 0 bridgehead atoms. The van der Waals surface area contributed by atoms with Gasteiger partial charge in [-0.15, -0.1) is 0 Å². The fourth-order valence-electron chi connectivity index (χ4n) is 2.58. The molecule has 0 spiro atoms. The predicted octanol–water partition coefficient (Wildman–Crippen LogP) is 1.54. The number of amides is 2. The van der Waals surface area contributed by atoms with Gasteiger partial charge in [-0.2, -0.15) is 0 Å². The lowest BCUT2D eigenvalue weighted by Crippen LogP contribution is -2.43. The Morgan fingerprint density at radius 2 is 2.10 bits per heavy atom. The van der Waals surface area contributed by atoms with E-state index in [-0.39, 0.29) is 23.7 Å². The molecule has 1 saturated carbocycles. The lowest BCUT2D eigenvalue weighted by atomic mass is 9.95. The number of ether oxygens (including phenoxy) is 1. The van der Waals surface area contributed by atoms with Crippen LogP contribution in [0.15, 0.2) is 0 Å². The van der Waals surface area contributed by atoms with Crippen LogP contribution in [0.3, 0.4) is 0 Å². The molecule has 1 N–H and O–H groups in total. The van der Waals surface area contributed by atoms with Gasteiger partial charge in [0.1, 0.15) is 6.54 Å². The second kappa shape index (κ2) is 7.68. The van der Waals surface area contributed by atoms with Gasteiger partial charge < -0.3 is 15.0 Å². The van der Waals surface area contributed by atoms with Crippen LogP contribution in [0.2, 0.25) is 0 Å². The van der Waals surface area contributed by atoms with E-state index in [0.29, 0.717) is 12.3 Å². The number of nitrogens with zero attached hydrogens (tertiary/aromatic N) is 1. The SMILES string of the molecule is C[C@H](OC(=O)CN1CCSC1=O)C(=O)NC1CCCCC1. The highest BCUT2D eigenvalue weighted by molar-refractivity contribution is 8.13. The summed E-state index contributed by atoms with van der Waals surface area (Å²) in [5, 5.41) is 2.82. The number of carbonyl (C=O) groups excluding carboxylic acids is 3. The van der Waals surface area contributed by atoms with Crippen molar-refractivity contribution in [2.45, 2.75) is 51.2 Å². The molecule has 7 heteroatoms. The third-order valence-corrected chi connectivity index (χ3v) is 4.69. The van der Waals surface area contributed by atoms with Crippen molar-refractivity contribution in [2.75, 3.05) is 18.8 Å². The Balaban J connectivity index is 1.71. The molecule has 0 aromatic heterocycles. The number of hydrogen-bond donors (Lipinski definition) is 1. The van der Waals surface area contributed by atoms with E-state index in [1.807, 2.05) is 0 Å². The summed E-state index contributed by atoms with van der Waals surface area (Å²) < 4.78 is 5.11. The Kier molecular flexibility index (Phi) is 5.90. The smallest absolute Gasteiger partial charge is 0.326 e. The maximum Gasteiger partial charge on any atom is 0.326 e. The molecule has 0 radical (unpaired) electrons. The van der Waals surface area contributed by atoms with Crippen molar-refractivity contribution >= 4 is 28.9 Å². The number of hydrogen-bond acceptors (Lipinski definition) is 5. The van der Waals surface area contributed by atoms with Crippen molar-refractivity contribution in [3.8, 4) is 0 Å². The zero-order chi connectivity index (χ0) is 15.2. The van der Waals surface area contributed by atoms with Gasteiger partial charge in [-0.1, -0.05) is 31.0 Å². The molecule has 1 saturated heterocycles. The van der Waals surface area contributed by atoms with Crippen LogP contribution in [0.4, 0.5) is 4.79 Å². The third-order valence-electron chi connectivity index (χ3n) is 3.79. The first kappa shape index (κ1) is 16.1. The van der Waals surface area contributed by atoms with Crippen molar-refractivity contribution in [3.63, 3.8) is 0 Å². The Morgan fingerprint density at radius 1 is 1.38 bits per heavy atom. The van der Waals surface area contributed by atoms with Crippen molar-refractivity contribution in [2.24, 2.45) is 0 Å². The normalized spacial score (nSPS) is 21.2. The van der Waals surface area contributed by atoms with Crippen LogP contribution in [-0.2, 0) is 14.3 Å². The monoisotopic (exact) mass is 314 g/mol. The average molecular weight is 314 g/mol. The summed E-state index contributed by atoms with van der Waals surface area (Å²) in [5.41, 5.74) is 0. The molecule has 1 atom stereocenters. The van der Waals surface area contributed by atoms with E-state index in [1.165, 1.54) is 23.1 Å². The van der Waals surface area contributed by atoms with E-state index >= 15 is 0 Å². The molecule has 2 fully saturated rings. The van der Waals surface area contributed by atoms with Crippen LogP contribution in [0, 0.1) is 0 Å². The summed E-state index contributed by atoms with van der Waals surface area (Å²) >= 11 is 1.20. The molecule has 1 aliphatic heterocycles. The molecule has 2 aliphatic rings. The highest BCUT2D eigenvalue weighted by atomic mass is 32.2. The summed E-state index contributed by atoms with van der Waals surface area (Å²) in [7, 11) is 0. The molecular formula is C14H22N2O4S. The van der Waals surface area contributed by atoms with Crippen LogP contribution in [0.1, 0.15) is 39.0 Å². The van der Waals surface area contributed by atoms with Crippen LogP contribution >= 0.6 is 11.8 Å². The molecule has 118 valence electrons. The summed E-state index contributed by atoms with van der Waals surface area (Å²) in [6, 6.07) is 0.198. The number of rotatable bonds is 5. The van der Waals surface area contributed by atoms with Crippen molar-refractivity contribution in [3.05, 3.63) is 0 Å². The molecule has 0 unspecified atom stereocenters. The van der Waals surface area contributed by atoms with E-state index in [0.717, 1.165) is 25.7 Å². The van der Waals surface area contributed by atoms with E-state index < -0.39 is 12.1 Å². The number of carbonyl (C=O) groups is 3. The Morgan fingerprint density at radius 3 is 2.71 bits per heavy atom. The minimum atomic E-state index is -0.815. The molecule has 0 aromatic rings. The van der Waals surface area contributed by atoms with Crippen LogP contribution in [-0.4, -0.2) is 53.0 Å². The van der Waals surface area contributed by atoms with E-state index in [2.05, 4.69) is 5.32 Å². The Labute approximate surface area is 129 Å². The van der Waals surface area contributed by atoms with Gasteiger partial charge in [0.05, 0.1) is 0 Å². The quantitative estimate of drug-likeness (QED) is 0.779. The second-order valence-electron chi connectivity index (χ2n) is 5.51. The van der Waals surface area contributed by atoms with Gasteiger partial charge in [-0.3, -0.25) is 14.4 Å². The number of esters is 1. The topological polar surface area (TPSA) is 75.7 Å². The van der Waals surface area contributed by atoms with Gasteiger partial charge in [-0.25, -0.2) is 0 Å². The summed E-state index contributed by atoms with van der Waals surface area (Å²) in [6.45, 7) is 2.05. The fraction of sp³-hybridized carbons (Fsp3) is 0.786. The van der Waals surface area contributed by atoms with E-state index in [9.17, 15) is 14.4 Å². The van der Waals surface area contributed by atoms with Crippen LogP contribution < -0.4 is 5.32 Å². The van der Waals surface area contributed by atoms with Crippen molar-refractivity contribution < 1.29 is 19.1 Å². The standard InChI is InChI=1S/C14H22N2O4S/c1-10(13(18)15-11-5-3-2-4-6-11)20-12(17)9-16-7-8-21-14(16)19/h10-11H,2-9H2,1H3,(H,15,18)/t10-/m0/s1. The average Bonchev–Trinajstić information content (AvgIpc) is 2.85. The first-order chi connectivity index (χ1) is 10.1. The number of nitrogens with one attached hydrogen (secondary N) is 1. The minimum absolute atomic E-state index is 0.0765. The Bertz CT molecular complexity index is 410. The van der Waals surface area contributed by atoms with E-state index in [4.69, 9.17) is 4.74 Å². The van der Waals surface area contributed by atoms with Gasteiger partial charge in [-0.05, 0) is 19.8 Å². The lowest BCUT2D eigenvalue weighted by molar-refractivity contribution is -0.155. The molecular weight excluding hydrogens is 292 g/mol. The molecule has 6 nitrogen and oxygen atoms in total. The summed E-state index contributed by atoms with van der Waals surface area (Å²) in [5.74, 6) is -0.0846. The molecule has 0 aromatic carbocycles. The van der Waals surface area contributed by atoms with Crippen molar-refractivity contribution in [1.82, 2.24) is 10.2 Å². The first-order valence-corrected chi connectivity index (χ1v) is 8.46. The lowest BCUT2D eigenvalue weighted by Gasteiger charge is -2.24. The van der Waals surface area contributed by atoms with E-state index in [1.54, 1.807) is 6.92 Å². The molecule has 1 heterocycles. The number of thioether (sulfide) groups is 1. The maximum atomic E-state index is 12.0. The predicted molar refractivity (Wildman–Crippen MR) is 80.0 cm³/mol. The summed E-state index contributed by atoms with van der Waals surface area (Å²) in [4.78, 5) is 36.6. The van der Waals surface area contributed by atoms with Crippen LogP contribution in [0.25, 0.3) is 0 Å². The minimum Gasteiger partial charge on any atom is -0.451 e. The first-order valence-electron chi connectivity index (χ1n) is 7.48. The summed E-state index contributed by atoms with van der Waals surface area (Å²) in [6.07, 6.45) is 4.66. The van der Waals surface area contributed by atoms with Gasteiger partial charge in [0.2, 0.25) is 0 Å². The van der Waals surface area contributed by atoms with Crippen molar-refractivity contribution in [1.29, 1.82) is 0 Å². The largest absolute Gasteiger partial charge is 0.451 e. The van der Waals surface area contributed by atoms with Gasteiger partial charge in [0.25, 0.3) is 11.1 Å². The van der Waals surface area contributed by atoms with Gasteiger partial charge in [0, 0.05) is 18.3 Å².